The van der Waals surface area contributed by atoms with E-state index in [9.17, 15) is 19.2 Å². The smallest absolute Gasteiger partial charge is 0.224 e. The molecule has 1 fully saturated rings. The average Bonchev–Trinajstić information content (AvgIpc) is 2.66. The fourth-order valence-electron chi connectivity index (χ4n) is 2.73. The van der Waals surface area contributed by atoms with Crippen LogP contribution >= 0.6 is 0 Å². The molecule has 0 aromatic carbocycles. The van der Waals surface area contributed by atoms with Crippen LogP contribution in [0.5, 0.6) is 0 Å². The van der Waals surface area contributed by atoms with Gasteiger partial charge < -0.3 is 15.1 Å². The minimum absolute atomic E-state index is 0.0187. The van der Waals surface area contributed by atoms with Crippen molar-refractivity contribution in [2.75, 3.05) is 32.7 Å². The normalized spacial score (nSPS) is 14.0. The van der Waals surface area contributed by atoms with Gasteiger partial charge in [-0.05, 0) is 12.1 Å². The molecule has 8 nitrogen and oxygen atoms in total. The Kier molecular flexibility index (Phi) is 7.25. The third-order valence-corrected chi connectivity index (χ3v) is 4.30. The SMILES string of the molecule is CC(=O)N1CCN(C(=O)CCNC(=O)CCC(=O)c2cccnc2)CC1. The number of nitrogens with one attached hydrogen (secondary N) is 1. The molecular weight excluding hydrogens is 336 g/mol. The number of pyridine rings is 1. The predicted molar refractivity (Wildman–Crippen MR) is 94.3 cm³/mol. The zero-order valence-electron chi connectivity index (χ0n) is 14.9. The highest BCUT2D eigenvalue weighted by molar-refractivity contribution is 5.97. The molecule has 26 heavy (non-hydrogen) atoms. The van der Waals surface area contributed by atoms with Crippen LogP contribution in [0.1, 0.15) is 36.5 Å². The standard InChI is InChI=1S/C18H24N4O4/c1-14(23)21-9-11-22(12-10-21)18(26)6-8-20-17(25)5-4-16(24)15-3-2-7-19-13-15/h2-3,7,13H,4-6,8-12H2,1H3,(H,20,25). The van der Waals surface area contributed by atoms with Gasteiger partial charge in [0.05, 0.1) is 0 Å². The number of nitrogens with zero attached hydrogens (tertiary/aromatic N) is 3. The van der Waals surface area contributed by atoms with Gasteiger partial charge in [-0.3, -0.25) is 24.2 Å². The van der Waals surface area contributed by atoms with E-state index in [1.54, 1.807) is 28.1 Å². The summed E-state index contributed by atoms with van der Waals surface area (Å²) in [6, 6.07) is 3.34. The first kappa shape index (κ1) is 19.6. The van der Waals surface area contributed by atoms with Gasteiger partial charge in [-0.1, -0.05) is 0 Å². The minimum atomic E-state index is -0.253. The van der Waals surface area contributed by atoms with Crippen LogP contribution in [0.15, 0.2) is 24.5 Å². The van der Waals surface area contributed by atoms with Crippen LogP contribution in [0.3, 0.4) is 0 Å². The van der Waals surface area contributed by atoms with Crippen LogP contribution in [-0.2, 0) is 14.4 Å². The van der Waals surface area contributed by atoms with Gasteiger partial charge in [0.1, 0.15) is 0 Å². The highest BCUT2D eigenvalue weighted by Crippen LogP contribution is 2.05. The molecule has 1 aromatic heterocycles. The van der Waals surface area contributed by atoms with Crippen LogP contribution in [0, 0.1) is 0 Å². The van der Waals surface area contributed by atoms with E-state index >= 15 is 0 Å². The van der Waals surface area contributed by atoms with Crippen LogP contribution in [0.2, 0.25) is 0 Å². The van der Waals surface area contributed by atoms with Crippen molar-refractivity contribution >= 4 is 23.5 Å². The molecule has 0 atom stereocenters. The molecule has 0 unspecified atom stereocenters. The van der Waals surface area contributed by atoms with Crippen molar-refractivity contribution in [2.45, 2.75) is 26.2 Å². The maximum Gasteiger partial charge on any atom is 0.224 e. The van der Waals surface area contributed by atoms with Crippen LogP contribution in [0.25, 0.3) is 0 Å². The highest BCUT2D eigenvalue weighted by Gasteiger charge is 2.22. The average molecular weight is 360 g/mol. The summed E-state index contributed by atoms with van der Waals surface area (Å²) in [5.41, 5.74) is 0.486. The molecule has 1 saturated heterocycles. The molecule has 1 aliphatic rings. The molecule has 0 saturated carbocycles. The zero-order valence-corrected chi connectivity index (χ0v) is 14.9. The van der Waals surface area contributed by atoms with Crippen molar-refractivity contribution in [1.29, 1.82) is 0 Å². The van der Waals surface area contributed by atoms with Crippen molar-refractivity contribution in [2.24, 2.45) is 0 Å². The number of rotatable bonds is 7. The first-order valence-electron chi connectivity index (χ1n) is 8.70. The maximum absolute atomic E-state index is 12.1. The van der Waals surface area contributed by atoms with Gasteiger partial charge in [-0.15, -0.1) is 0 Å². The third-order valence-electron chi connectivity index (χ3n) is 4.30. The van der Waals surface area contributed by atoms with Gasteiger partial charge in [-0.25, -0.2) is 0 Å². The van der Waals surface area contributed by atoms with Crippen LogP contribution in [-0.4, -0.2) is 71.0 Å². The summed E-state index contributed by atoms with van der Waals surface area (Å²) in [5.74, 6) is -0.408. The second-order valence-electron chi connectivity index (χ2n) is 6.15. The number of carbonyl (C=O) groups excluding carboxylic acids is 4. The van der Waals surface area contributed by atoms with Gasteiger partial charge in [0.15, 0.2) is 5.78 Å². The fraction of sp³-hybridized carbons (Fsp3) is 0.500. The topological polar surface area (TPSA) is 99.7 Å². The Morgan fingerprint density at radius 1 is 1.04 bits per heavy atom. The lowest BCUT2D eigenvalue weighted by atomic mass is 10.1. The van der Waals surface area contributed by atoms with Crippen LogP contribution < -0.4 is 5.32 Å². The van der Waals surface area contributed by atoms with E-state index in [4.69, 9.17) is 0 Å². The Morgan fingerprint density at radius 3 is 2.35 bits per heavy atom. The number of Topliss-reactive ketones (excluding diaryl/α,β-unsaturated/α-hetero) is 1. The first-order valence-corrected chi connectivity index (χ1v) is 8.70. The third kappa shape index (κ3) is 5.94. The number of piperazine rings is 1. The summed E-state index contributed by atoms with van der Waals surface area (Å²) in [7, 11) is 0. The van der Waals surface area contributed by atoms with Crippen molar-refractivity contribution in [1.82, 2.24) is 20.1 Å². The van der Waals surface area contributed by atoms with Crippen molar-refractivity contribution in [3.63, 3.8) is 0 Å². The zero-order chi connectivity index (χ0) is 18.9. The number of hydrogen-bond donors (Lipinski definition) is 1. The monoisotopic (exact) mass is 360 g/mol. The Hall–Kier alpha value is -2.77. The van der Waals surface area contributed by atoms with Gasteiger partial charge in [0.25, 0.3) is 0 Å². The molecular formula is C18H24N4O4. The van der Waals surface area contributed by atoms with E-state index in [1.165, 1.54) is 13.1 Å². The van der Waals surface area contributed by atoms with Gasteiger partial charge in [-0.2, -0.15) is 0 Å². The molecule has 1 aliphatic heterocycles. The van der Waals surface area contributed by atoms with E-state index in [0.717, 1.165) is 0 Å². The minimum Gasteiger partial charge on any atom is -0.356 e. The number of carbonyl (C=O) groups is 4. The summed E-state index contributed by atoms with van der Waals surface area (Å²) >= 11 is 0. The predicted octanol–water partition coefficient (Wildman–Crippen LogP) is 0.242. The molecule has 2 rings (SSSR count). The number of aromatic nitrogens is 1. The van der Waals surface area contributed by atoms with Gasteiger partial charge >= 0.3 is 0 Å². The Morgan fingerprint density at radius 2 is 1.73 bits per heavy atom. The largest absolute Gasteiger partial charge is 0.356 e. The molecule has 1 N–H and O–H groups in total. The van der Waals surface area contributed by atoms with Gasteiger partial charge in [0.2, 0.25) is 17.7 Å². The summed E-state index contributed by atoms with van der Waals surface area (Å²) in [5, 5.41) is 2.67. The molecule has 8 heteroatoms. The summed E-state index contributed by atoms with van der Waals surface area (Å²) in [6.07, 6.45) is 3.46. The fourth-order valence-corrected chi connectivity index (χ4v) is 2.73. The molecule has 0 radical (unpaired) electrons. The molecule has 140 valence electrons. The molecule has 0 spiro atoms. The highest BCUT2D eigenvalue weighted by atomic mass is 16.2. The van der Waals surface area contributed by atoms with Crippen LogP contribution in [0.4, 0.5) is 0 Å². The number of amides is 3. The van der Waals surface area contributed by atoms with Gasteiger partial charge in [0, 0.05) is 76.9 Å². The molecule has 0 aliphatic carbocycles. The van der Waals surface area contributed by atoms with E-state index in [1.807, 2.05) is 0 Å². The summed E-state index contributed by atoms with van der Waals surface area (Å²) in [4.78, 5) is 54.4. The molecule has 1 aromatic rings. The second-order valence-corrected chi connectivity index (χ2v) is 6.15. The lowest BCUT2D eigenvalue weighted by molar-refractivity contribution is -0.138. The first-order chi connectivity index (χ1) is 12.5. The molecule has 0 bridgehead atoms. The lowest BCUT2D eigenvalue weighted by Crippen LogP contribution is -2.50. The van der Waals surface area contributed by atoms with Crippen molar-refractivity contribution in [3.05, 3.63) is 30.1 Å². The summed E-state index contributed by atoms with van der Waals surface area (Å²) < 4.78 is 0. The lowest BCUT2D eigenvalue weighted by Gasteiger charge is -2.34. The maximum atomic E-state index is 12.1. The van der Waals surface area contributed by atoms with Crippen molar-refractivity contribution < 1.29 is 19.2 Å². The second kappa shape index (κ2) is 9.65. The molecule has 2 heterocycles. The Labute approximate surface area is 152 Å². The Balaban J connectivity index is 1.61. The van der Waals surface area contributed by atoms with E-state index < -0.39 is 0 Å². The van der Waals surface area contributed by atoms with Crippen molar-refractivity contribution in [3.8, 4) is 0 Å². The van der Waals surface area contributed by atoms with E-state index in [0.29, 0.717) is 31.7 Å². The van der Waals surface area contributed by atoms with E-state index in [2.05, 4.69) is 10.3 Å². The Bertz CT molecular complexity index is 654. The quantitative estimate of drug-likeness (QED) is 0.702. The van der Waals surface area contributed by atoms with E-state index in [-0.39, 0.29) is 49.3 Å². The number of ketones is 1. The number of hydrogen-bond acceptors (Lipinski definition) is 5. The summed E-state index contributed by atoms with van der Waals surface area (Å²) in [6.45, 7) is 3.89. The molecule has 3 amide bonds.